The molecule has 2 aromatic heterocycles. The first-order valence-corrected chi connectivity index (χ1v) is 11.4. The predicted octanol–water partition coefficient (Wildman–Crippen LogP) is 5.31. The molecule has 2 unspecified atom stereocenters. The molecule has 6 nitrogen and oxygen atoms in total. The maximum absolute atomic E-state index is 13.0. The summed E-state index contributed by atoms with van der Waals surface area (Å²) in [4.78, 5) is 17.0. The van der Waals surface area contributed by atoms with Gasteiger partial charge in [0.05, 0.1) is 5.25 Å². The first-order chi connectivity index (χ1) is 14.6. The zero-order chi connectivity index (χ0) is 21.1. The SMILES string of the molecule is CCC(C)c1ccccc1NC(=O)C(C)Sc1nnc(-c2ccncc2)n1C1CC1. The topological polar surface area (TPSA) is 72.7 Å². The van der Waals surface area contributed by atoms with Gasteiger partial charge in [-0.25, -0.2) is 0 Å². The molecule has 30 heavy (non-hydrogen) atoms. The fourth-order valence-electron chi connectivity index (χ4n) is 3.42. The van der Waals surface area contributed by atoms with Crippen molar-refractivity contribution in [2.24, 2.45) is 0 Å². The Balaban J connectivity index is 1.52. The van der Waals surface area contributed by atoms with E-state index < -0.39 is 0 Å². The minimum atomic E-state index is -0.290. The standard InChI is InChI=1S/C23H27N5OS/c1-4-15(2)19-7-5-6-8-20(19)25-22(29)16(3)30-23-27-26-21(28(23)18-9-10-18)17-11-13-24-14-12-17/h5-8,11-16,18H,4,9-10H2,1-3H3,(H,25,29). The van der Waals surface area contributed by atoms with Crippen LogP contribution in [-0.2, 0) is 4.79 Å². The molecule has 1 aromatic carbocycles. The van der Waals surface area contributed by atoms with Crippen LogP contribution in [-0.4, -0.2) is 30.9 Å². The number of benzene rings is 1. The Kier molecular flexibility index (Phi) is 6.18. The number of pyridine rings is 1. The van der Waals surface area contributed by atoms with Crippen LogP contribution in [0.5, 0.6) is 0 Å². The highest BCUT2D eigenvalue weighted by Gasteiger charge is 2.31. The predicted molar refractivity (Wildman–Crippen MR) is 121 cm³/mol. The summed E-state index contributed by atoms with van der Waals surface area (Å²) in [5.41, 5.74) is 3.06. The third kappa shape index (κ3) is 4.41. The average molecular weight is 422 g/mol. The highest BCUT2D eigenvalue weighted by atomic mass is 32.2. The second-order valence-corrected chi connectivity index (χ2v) is 9.10. The number of para-hydroxylation sites is 1. The van der Waals surface area contributed by atoms with Crippen molar-refractivity contribution in [3.63, 3.8) is 0 Å². The molecule has 0 bridgehead atoms. The molecule has 2 atom stereocenters. The smallest absolute Gasteiger partial charge is 0.237 e. The Labute approximate surface area is 181 Å². The van der Waals surface area contributed by atoms with Crippen LogP contribution in [0.2, 0.25) is 0 Å². The summed E-state index contributed by atoms with van der Waals surface area (Å²) in [6.45, 7) is 6.26. The minimum Gasteiger partial charge on any atom is -0.325 e. The lowest BCUT2D eigenvalue weighted by molar-refractivity contribution is -0.115. The molecule has 1 aliphatic carbocycles. The van der Waals surface area contributed by atoms with Crippen molar-refractivity contribution in [3.05, 3.63) is 54.4 Å². The van der Waals surface area contributed by atoms with E-state index in [-0.39, 0.29) is 11.2 Å². The molecule has 0 saturated heterocycles. The van der Waals surface area contributed by atoms with Gasteiger partial charge in [0, 0.05) is 29.7 Å². The van der Waals surface area contributed by atoms with Gasteiger partial charge in [-0.05, 0) is 55.9 Å². The number of carbonyl (C=O) groups excluding carboxylic acids is 1. The fraction of sp³-hybridized carbons (Fsp3) is 0.391. The maximum atomic E-state index is 13.0. The van der Waals surface area contributed by atoms with E-state index in [1.54, 1.807) is 12.4 Å². The summed E-state index contributed by atoms with van der Waals surface area (Å²) in [6, 6.07) is 12.3. The van der Waals surface area contributed by atoms with E-state index in [9.17, 15) is 4.79 Å². The number of hydrogen-bond donors (Lipinski definition) is 1. The average Bonchev–Trinajstić information content (AvgIpc) is 3.53. The molecule has 156 valence electrons. The minimum absolute atomic E-state index is 0.0217. The van der Waals surface area contributed by atoms with Crippen molar-refractivity contribution < 1.29 is 4.79 Å². The molecule has 2 heterocycles. The molecule has 3 aromatic rings. The van der Waals surface area contributed by atoms with Crippen LogP contribution >= 0.6 is 11.8 Å². The zero-order valence-corrected chi connectivity index (χ0v) is 18.4. The first-order valence-electron chi connectivity index (χ1n) is 10.5. The van der Waals surface area contributed by atoms with Gasteiger partial charge in [0.25, 0.3) is 0 Å². The normalized spacial score (nSPS) is 15.6. The van der Waals surface area contributed by atoms with Gasteiger partial charge >= 0.3 is 0 Å². The number of rotatable bonds is 8. The Bertz CT molecular complexity index is 1020. The number of nitrogens with one attached hydrogen (secondary N) is 1. The monoisotopic (exact) mass is 421 g/mol. The van der Waals surface area contributed by atoms with E-state index in [4.69, 9.17) is 0 Å². The van der Waals surface area contributed by atoms with E-state index in [1.165, 1.54) is 17.3 Å². The number of aromatic nitrogens is 4. The lowest BCUT2D eigenvalue weighted by Gasteiger charge is -2.18. The Morgan fingerprint density at radius 2 is 1.90 bits per heavy atom. The first kappa shape index (κ1) is 20.6. The number of amides is 1. The molecule has 1 N–H and O–H groups in total. The van der Waals surface area contributed by atoms with E-state index in [2.05, 4.69) is 45.0 Å². The molecular formula is C23H27N5OS. The van der Waals surface area contributed by atoms with Crippen LogP contribution < -0.4 is 5.32 Å². The molecule has 7 heteroatoms. The Morgan fingerprint density at radius 1 is 1.17 bits per heavy atom. The molecule has 1 amide bonds. The number of hydrogen-bond acceptors (Lipinski definition) is 5. The van der Waals surface area contributed by atoms with Crippen LogP contribution in [0, 0.1) is 0 Å². The second kappa shape index (κ2) is 9.00. The van der Waals surface area contributed by atoms with Crippen LogP contribution in [0.1, 0.15) is 57.6 Å². The largest absolute Gasteiger partial charge is 0.325 e. The Morgan fingerprint density at radius 3 is 2.60 bits per heavy atom. The molecule has 4 rings (SSSR count). The summed E-state index contributed by atoms with van der Waals surface area (Å²) < 4.78 is 2.18. The third-order valence-electron chi connectivity index (χ3n) is 5.53. The molecular weight excluding hydrogens is 394 g/mol. The summed E-state index contributed by atoms with van der Waals surface area (Å²) in [5, 5.41) is 12.5. The van der Waals surface area contributed by atoms with Crippen molar-refractivity contribution >= 4 is 23.4 Å². The number of thioether (sulfide) groups is 1. The van der Waals surface area contributed by atoms with Gasteiger partial charge in [-0.3, -0.25) is 14.3 Å². The number of nitrogens with zero attached hydrogens (tertiary/aromatic N) is 4. The lowest BCUT2D eigenvalue weighted by atomic mass is 9.97. The van der Waals surface area contributed by atoms with Crippen LogP contribution in [0.4, 0.5) is 5.69 Å². The highest BCUT2D eigenvalue weighted by Crippen LogP contribution is 2.41. The van der Waals surface area contributed by atoms with Gasteiger partial charge in [0.1, 0.15) is 0 Å². The number of carbonyl (C=O) groups is 1. The quantitative estimate of drug-likeness (QED) is 0.499. The molecule has 0 radical (unpaired) electrons. The van der Waals surface area contributed by atoms with Crippen LogP contribution in [0.15, 0.2) is 53.9 Å². The highest BCUT2D eigenvalue weighted by molar-refractivity contribution is 8.00. The number of anilines is 1. The van der Waals surface area contributed by atoms with E-state index >= 15 is 0 Å². The van der Waals surface area contributed by atoms with E-state index in [0.29, 0.717) is 12.0 Å². The molecule has 1 saturated carbocycles. The zero-order valence-electron chi connectivity index (χ0n) is 17.6. The lowest BCUT2D eigenvalue weighted by Crippen LogP contribution is -2.23. The third-order valence-corrected chi connectivity index (χ3v) is 6.59. The van der Waals surface area contributed by atoms with Gasteiger partial charge in [-0.15, -0.1) is 10.2 Å². The maximum Gasteiger partial charge on any atom is 0.237 e. The van der Waals surface area contributed by atoms with Crippen molar-refractivity contribution in [2.45, 2.75) is 62.4 Å². The summed E-state index contributed by atoms with van der Waals surface area (Å²) in [6.07, 6.45) is 6.79. The van der Waals surface area contributed by atoms with Crippen molar-refractivity contribution in [3.8, 4) is 11.4 Å². The fourth-order valence-corrected chi connectivity index (χ4v) is 4.34. The van der Waals surface area contributed by atoms with E-state index in [0.717, 1.165) is 41.5 Å². The van der Waals surface area contributed by atoms with Gasteiger partial charge in [0.2, 0.25) is 5.91 Å². The molecule has 0 aliphatic heterocycles. The van der Waals surface area contributed by atoms with Gasteiger partial charge in [-0.1, -0.05) is 43.8 Å². The van der Waals surface area contributed by atoms with Crippen LogP contribution in [0.3, 0.4) is 0 Å². The summed E-state index contributed by atoms with van der Waals surface area (Å²) in [7, 11) is 0. The van der Waals surface area contributed by atoms with E-state index in [1.807, 2.05) is 37.3 Å². The van der Waals surface area contributed by atoms with Crippen molar-refractivity contribution in [1.29, 1.82) is 0 Å². The molecule has 1 fully saturated rings. The van der Waals surface area contributed by atoms with Crippen LogP contribution in [0.25, 0.3) is 11.4 Å². The Hall–Kier alpha value is -2.67. The van der Waals surface area contributed by atoms with Gasteiger partial charge in [0.15, 0.2) is 11.0 Å². The van der Waals surface area contributed by atoms with Gasteiger partial charge < -0.3 is 5.32 Å². The second-order valence-electron chi connectivity index (χ2n) is 7.79. The summed E-state index contributed by atoms with van der Waals surface area (Å²) in [5.74, 6) is 1.22. The van der Waals surface area contributed by atoms with Crippen molar-refractivity contribution in [2.75, 3.05) is 5.32 Å². The molecule has 1 aliphatic rings. The van der Waals surface area contributed by atoms with Crippen molar-refractivity contribution in [1.82, 2.24) is 19.7 Å². The van der Waals surface area contributed by atoms with Gasteiger partial charge in [-0.2, -0.15) is 0 Å². The molecule has 0 spiro atoms. The summed E-state index contributed by atoms with van der Waals surface area (Å²) >= 11 is 1.46.